The first-order valence-electron chi connectivity index (χ1n) is 7.88. The van der Waals surface area contributed by atoms with E-state index in [4.69, 9.17) is 11.6 Å². The van der Waals surface area contributed by atoms with Gasteiger partial charge in [-0.25, -0.2) is 0 Å². The van der Waals surface area contributed by atoms with Crippen molar-refractivity contribution < 1.29 is 4.79 Å². The Bertz CT molecular complexity index is 474. The maximum atomic E-state index is 12.5. The number of nitrogens with zero attached hydrogens (tertiary/aromatic N) is 1. The van der Waals surface area contributed by atoms with Crippen LogP contribution in [0.3, 0.4) is 0 Å². The standard InChI is InChI=1S/C17H25ClN2O/c1-4-5-6-7-12(2)20-16(19-13(3)17(20)21)14-8-10-15(18)11-9-14/h8-13,16,19H,4-7H2,1-3H3. The Morgan fingerprint density at radius 3 is 2.57 bits per heavy atom. The summed E-state index contributed by atoms with van der Waals surface area (Å²) < 4.78 is 0. The van der Waals surface area contributed by atoms with E-state index in [2.05, 4.69) is 19.2 Å². The summed E-state index contributed by atoms with van der Waals surface area (Å²) >= 11 is 5.96. The van der Waals surface area contributed by atoms with E-state index in [9.17, 15) is 4.79 Å². The van der Waals surface area contributed by atoms with Crippen molar-refractivity contribution in [3.63, 3.8) is 0 Å². The molecule has 1 fully saturated rings. The molecular weight excluding hydrogens is 284 g/mol. The van der Waals surface area contributed by atoms with Gasteiger partial charge in [0.2, 0.25) is 5.91 Å². The second-order valence-electron chi connectivity index (χ2n) is 5.93. The minimum atomic E-state index is -0.126. The van der Waals surface area contributed by atoms with Crippen LogP contribution < -0.4 is 5.32 Å². The summed E-state index contributed by atoms with van der Waals surface area (Å²) in [5.74, 6) is 0.193. The molecular formula is C17H25ClN2O. The lowest BCUT2D eigenvalue weighted by Gasteiger charge is -2.31. The van der Waals surface area contributed by atoms with Gasteiger partial charge in [-0.05, 0) is 38.0 Å². The number of hydrogen-bond donors (Lipinski definition) is 1. The number of carbonyl (C=O) groups is 1. The van der Waals surface area contributed by atoms with Gasteiger partial charge in [-0.3, -0.25) is 10.1 Å². The summed E-state index contributed by atoms with van der Waals surface area (Å²) in [4.78, 5) is 14.5. The highest BCUT2D eigenvalue weighted by molar-refractivity contribution is 6.30. The van der Waals surface area contributed by atoms with E-state index in [1.165, 1.54) is 19.3 Å². The first kappa shape index (κ1) is 16.3. The molecule has 0 saturated carbocycles. The van der Waals surface area contributed by atoms with Crippen molar-refractivity contribution in [2.45, 2.75) is 64.7 Å². The van der Waals surface area contributed by atoms with Crippen LogP contribution in [0.5, 0.6) is 0 Å². The first-order chi connectivity index (χ1) is 10.0. The summed E-state index contributed by atoms with van der Waals surface area (Å²) in [6, 6.07) is 7.88. The third-order valence-electron chi connectivity index (χ3n) is 4.20. The molecule has 1 aliphatic rings. The highest BCUT2D eigenvalue weighted by Gasteiger charge is 2.39. The number of nitrogens with one attached hydrogen (secondary N) is 1. The zero-order valence-electron chi connectivity index (χ0n) is 13.1. The molecule has 4 heteroatoms. The highest BCUT2D eigenvalue weighted by Crippen LogP contribution is 2.29. The fraction of sp³-hybridized carbons (Fsp3) is 0.588. The molecule has 0 aliphatic carbocycles. The Balaban J connectivity index is 2.14. The molecule has 0 spiro atoms. The second-order valence-corrected chi connectivity index (χ2v) is 6.37. The van der Waals surface area contributed by atoms with Crippen LogP contribution in [0.1, 0.15) is 58.2 Å². The fourth-order valence-corrected chi connectivity index (χ4v) is 3.07. The summed E-state index contributed by atoms with van der Waals surface area (Å²) in [6.07, 6.45) is 4.61. The van der Waals surface area contributed by atoms with Crippen molar-refractivity contribution in [3.8, 4) is 0 Å². The van der Waals surface area contributed by atoms with E-state index in [0.29, 0.717) is 0 Å². The number of carbonyl (C=O) groups excluding carboxylic acids is 1. The van der Waals surface area contributed by atoms with Gasteiger partial charge in [0, 0.05) is 11.1 Å². The molecule has 1 amide bonds. The van der Waals surface area contributed by atoms with E-state index in [-0.39, 0.29) is 24.2 Å². The molecule has 1 N–H and O–H groups in total. The van der Waals surface area contributed by atoms with Gasteiger partial charge in [-0.1, -0.05) is 49.9 Å². The van der Waals surface area contributed by atoms with Crippen LogP contribution in [0.25, 0.3) is 0 Å². The Hall–Kier alpha value is -1.06. The topological polar surface area (TPSA) is 32.3 Å². The Kier molecular flexibility index (Phi) is 5.65. The van der Waals surface area contributed by atoms with Gasteiger partial charge in [0.05, 0.1) is 6.04 Å². The van der Waals surface area contributed by atoms with Crippen LogP contribution in [0, 0.1) is 0 Å². The zero-order chi connectivity index (χ0) is 15.4. The summed E-state index contributed by atoms with van der Waals surface area (Å²) in [6.45, 7) is 6.28. The number of unbranched alkanes of at least 4 members (excludes halogenated alkanes) is 2. The molecule has 116 valence electrons. The average Bonchev–Trinajstić information content (AvgIpc) is 2.76. The first-order valence-corrected chi connectivity index (χ1v) is 8.26. The van der Waals surface area contributed by atoms with Crippen LogP contribution in [0.15, 0.2) is 24.3 Å². The van der Waals surface area contributed by atoms with E-state index in [1.807, 2.05) is 36.1 Å². The van der Waals surface area contributed by atoms with Gasteiger partial charge in [0.15, 0.2) is 0 Å². The van der Waals surface area contributed by atoms with Crippen molar-refractivity contribution >= 4 is 17.5 Å². The van der Waals surface area contributed by atoms with Gasteiger partial charge in [-0.2, -0.15) is 0 Å². The monoisotopic (exact) mass is 308 g/mol. The quantitative estimate of drug-likeness (QED) is 0.801. The Morgan fingerprint density at radius 1 is 1.29 bits per heavy atom. The van der Waals surface area contributed by atoms with Crippen LogP contribution in [0.2, 0.25) is 5.02 Å². The number of rotatable bonds is 6. The van der Waals surface area contributed by atoms with Crippen molar-refractivity contribution in [2.24, 2.45) is 0 Å². The molecule has 1 aliphatic heterocycles. The summed E-state index contributed by atoms with van der Waals surface area (Å²) in [5.41, 5.74) is 1.10. The predicted molar refractivity (Wildman–Crippen MR) is 87.2 cm³/mol. The third kappa shape index (κ3) is 3.78. The molecule has 1 heterocycles. The van der Waals surface area contributed by atoms with Crippen LogP contribution in [-0.4, -0.2) is 22.9 Å². The molecule has 3 unspecified atom stereocenters. The summed E-state index contributed by atoms with van der Waals surface area (Å²) in [7, 11) is 0. The smallest absolute Gasteiger partial charge is 0.241 e. The molecule has 1 aromatic rings. The number of amides is 1. The average molecular weight is 309 g/mol. The van der Waals surface area contributed by atoms with Crippen molar-refractivity contribution in [2.75, 3.05) is 0 Å². The lowest BCUT2D eigenvalue weighted by Crippen LogP contribution is -2.38. The molecule has 2 rings (SSSR count). The van der Waals surface area contributed by atoms with Crippen LogP contribution >= 0.6 is 11.6 Å². The third-order valence-corrected chi connectivity index (χ3v) is 4.45. The largest absolute Gasteiger partial charge is 0.319 e. The second kappa shape index (κ2) is 7.28. The van der Waals surface area contributed by atoms with E-state index in [1.54, 1.807) is 0 Å². The lowest BCUT2D eigenvalue weighted by molar-refractivity contribution is -0.131. The van der Waals surface area contributed by atoms with E-state index >= 15 is 0 Å². The van der Waals surface area contributed by atoms with E-state index in [0.717, 1.165) is 17.0 Å². The number of benzene rings is 1. The maximum absolute atomic E-state index is 12.5. The van der Waals surface area contributed by atoms with Crippen molar-refractivity contribution in [1.82, 2.24) is 10.2 Å². The molecule has 21 heavy (non-hydrogen) atoms. The highest BCUT2D eigenvalue weighted by atomic mass is 35.5. The summed E-state index contributed by atoms with van der Waals surface area (Å²) in [5, 5.41) is 4.12. The van der Waals surface area contributed by atoms with Gasteiger partial charge in [0.1, 0.15) is 6.17 Å². The Labute approximate surface area is 132 Å². The van der Waals surface area contributed by atoms with Crippen molar-refractivity contribution in [3.05, 3.63) is 34.9 Å². The normalized spacial score (nSPS) is 23.6. The van der Waals surface area contributed by atoms with Gasteiger partial charge in [-0.15, -0.1) is 0 Å². The Morgan fingerprint density at radius 2 is 1.95 bits per heavy atom. The fourth-order valence-electron chi connectivity index (χ4n) is 2.94. The van der Waals surface area contributed by atoms with Gasteiger partial charge in [0.25, 0.3) is 0 Å². The predicted octanol–water partition coefficient (Wildman–Crippen LogP) is 4.13. The maximum Gasteiger partial charge on any atom is 0.241 e. The van der Waals surface area contributed by atoms with Crippen LogP contribution in [0.4, 0.5) is 0 Å². The lowest BCUT2D eigenvalue weighted by atomic mass is 10.1. The minimum Gasteiger partial charge on any atom is -0.319 e. The van der Waals surface area contributed by atoms with Crippen LogP contribution in [-0.2, 0) is 4.79 Å². The number of hydrogen-bond acceptors (Lipinski definition) is 2. The molecule has 1 saturated heterocycles. The van der Waals surface area contributed by atoms with Gasteiger partial charge >= 0.3 is 0 Å². The van der Waals surface area contributed by atoms with Crippen molar-refractivity contribution in [1.29, 1.82) is 0 Å². The zero-order valence-corrected chi connectivity index (χ0v) is 13.9. The minimum absolute atomic E-state index is 0.0404. The van der Waals surface area contributed by atoms with Gasteiger partial charge < -0.3 is 4.90 Å². The molecule has 1 aromatic carbocycles. The molecule has 0 aromatic heterocycles. The van der Waals surface area contributed by atoms with E-state index < -0.39 is 0 Å². The molecule has 3 nitrogen and oxygen atoms in total. The molecule has 3 atom stereocenters. The number of halogens is 1. The molecule has 0 bridgehead atoms. The SMILES string of the molecule is CCCCCC(C)N1C(=O)C(C)NC1c1ccc(Cl)cc1. The molecule has 0 radical (unpaired) electrons.